The molecule has 0 saturated carbocycles. The standard InChI is InChI=1S/C16H25ClN2O2/c1-4-19-7-5-14(6-8-19)18(2)11-12-9-13(17)10-15(21-3)16(12)20/h9-10,14,20H,4-8,11H2,1-3H3. The zero-order valence-corrected chi connectivity index (χ0v) is 13.9. The van der Waals surface area contributed by atoms with E-state index in [2.05, 4.69) is 23.8 Å². The van der Waals surface area contributed by atoms with Crippen molar-refractivity contribution in [3.8, 4) is 11.5 Å². The Morgan fingerprint density at radius 3 is 2.62 bits per heavy atom. The number of ether oxygens (including phenoxy) is 1. The Balaban J connectivity index is 2.03. The monoisotopic (exact) mass is 312 g/mol. The van der Waals surface area contributed by atoms with Crippen LogP contribution in [0.2, 0.25) is 5.02 Å². The summed E-state index contributed by atoms with van der Waals surface area (Å²) >= 11 is 6.09. The van der Waals surface area contributed by atoms with Crippen molar-refractivity contribution in [3.05, 3.63) is 22.7 Å². The molecule has 4 nitrogen and oxygen atoms in total. The second-order valence-electron chi connectivity index (χ2n) is 5.70. The second-order valence-corrected chi connectivity index (χ2v) is 6.13. The van der Waals surface area contributed by atoms with Gasteiger partial charge in [-0.1, -0.05) is 18.5 Å². The molecule has 0 unspecified atom stereocenters. The van der Waals surface area contributed by atoms with Gasteiger partial charge in [0.25, 0.3) is 0 Å². The van der Waals surface area contributed by atoms with E-state index in [-0.39, 0.29) is 5.75 Å². The lowest BCUT2D eigenvalue weighted by Crippen LogP contribution is -2.42. The molecule has 21 heavy (non-hydrogen) atoms. The van der Waals surface area contributed by atoms with Crippen molar-refractivity contribution in [2.45, 2.75) is 32.4 Å². The van der Waals surface area contributed by atoms with Crippen LogP contribution < -0.4 is 4.74 Å². The number of hydrogen-bond acceptors (Lipinski definition) is 4. The van der Waals surface area contributed by atoms with E-state index in [1.165, 1.54) is 12.8 Å². The second kappa shape index (κ2) is 7.34. The molecule has 0 aliphatic carbocycles. The molecule has 0 aromatic heterocycles. The molecule has 0 amide bonds. The maximum Gasteiger partial charge on any atom is 0.162 e. The van der Waals surface area contributed by atoms with Gasteiger partial charge in [-0.2, -0.15) is 0 Å². The molecule has 2 rings (SSSR count). The fourth-order valence-electron chi connectivity index (χ4n) is 2.98. The summed E-state index contributed by atoms with van der Waals surface area (Å²) in [5, 5.41) is 10.8. The van der Waals surface area contributed by atoms with Gasteiger partial charge in [0.1, 0.15) is 0 Å². The molecule has 1 saturated heterocycles. The topological polar surface area (TPSA) is 35.9 Å². The average Bonchev–Trinajstić information content (AvgIpc) is 2.50. The summed E-state index contributed by atoms with van der Waals surface area (Å²) in [5.74, 6) is 0.631. The number of aromatic hydroxyl groups is 1. The lowest BCUT2D eigenvalue weighted by Gasteiger charge is -2.36. The smallest absolute Gasteiger partial charge is 0.162 e. The molecule has 118 valence electrons. The number of hydrogen-bond donors (Lipinski definition) is 1. The molecule has 1 N–H and O–H groups in total. The summed E-state index contributed by atoms with van der Waals surface area (Å²) in [4.78, 5) is 4.78. The maximum absolute atomic E-state index is 10.2. The first-order valence-electron chi connectivity index (χ1n) is 7.53. The van der Waals surface area contributed by atoms with Gasteiger partial charge < -0.3 is 14.7 Å². The van der Waals surface area contributed by atoms with E-state index in [4.69, 9.17) is 16.3 Å². The SMILES string of the molecule is CCN1CCC(N(C)Cc2cc(Cl)cc(OC)c2O)CC1. The van der Waals surface area contributed by atoms with Gasteiger partial charge >= 0.3 is 0 Å². The summed E-state index contributed by atoms with van der Waals surface area (Å²) in [5.41, 5.74) is 0.819. The molecule has 1 aromatic rings. The van der Waals surface area contributed by atoms with Crippen LogP contribution in [0.4, 0.5) is 0 Å². The molecule has 5 heteroatoms. The number of rotatable bonds is 5. The average molecular weight is 313 g/mol. The van der Waals surface area contributed by atoms with Crippen molar-refractivity contribution in [3.63, 3.8) is 0 Å². The Morgan fingerprint density at radius 2 is 2.05 bits per heavy atom. The van der Waals surface area contributed by atoms with Gasteiger partial charge in [-0.15, -0.1) is 0 Å². The number of benzene rings is 1. The van der Waals surface area contributed by atoms with E-state index >= 15 is 0 Å². The largest absolute Gasteiger partial charge is 0.504 e. The van der Waals surface area contributed by atoms with Crippen LogP contribution >= 0.6 is 11.6 Å². The minimum absolute atomic E-state index is 0.194. The van der Waals surface area contributed by atoms with Crippen LogP contribution in [0, 0.1) is 0 Å². The number of nitrogens with zero attached hydrogens (tertiary/aromatic N) is 2. The highest BCUT2D eigenvalue weighted by molar-refractivity contribution is 6.30. The van der Waals surface area contributed by atoms with Gasteiger partial charge in [0.05, 0.1) is 7.11 Å². The van der Waals surface area contributed by atoms with Crippen molar-refractivity contribution in [2.24, 2.45) is 0 Å². The Kier molecular flexibility index (Phi) is 5.73. The third-order valence-electron chi connectivity index (χ3n) is 4.39. The van der Waals surface area contributed by atoms with Crippen LogP contribution in [-0.2, 0) is 6.54 Å². The first-order chi connectivity index (χ1) is 10.0. The van der Waals surface area contributed by atoms with Crippen LogP contribution in [-0.4, -0.2) is 54.7 Å². The molecule has 0 atom stereocenters. The number of phenolic OH excluding ortho intramolecular Hbond substituents is 1. The molecule has 0 spiro atoms. The molecule has 1 heterocycles. The lowest BCUT2D eigenvalue weighted by atomic mass is 10.0. The Hall–Kier alpha value is -0.970. The van der Waals surface area contributed by atoms with Gasteiger partial charge in [-0.3, -0.25) is 4.90 Å². The lowest BCUT2D eigenvalue weighted by molar-refractivity contribution is 0.126. The number of halogens is 1. The van der Waals surface area contributed by atoms with Gasteiger partial charge in [0.15, 0.2) is 11.5 Å². The highest BCUT2D eigenvalue weighted by Gasteiger charge is 2.22. The Morgan fingerprint density at radius 1 is 1.38 bits per heavy atom. The van der Waals surface area contributed by atoms with Crippen LogP contribution in [0.25, 0.3) is 0 Å². The van der Waals surface area contributed by atoms with Crippen molar-refractivity contribution in [1.29, 1.82) is 0 Å². The fraction of sp³-hybridized carbons (Fsp3) is 0.625. The summed E-state index contributed by atoms with van der Waals surface area (Å²) in [6.07, 6.45) is 2.34. The van der Waals surface area contributed by atoms with E-state index < -0.39 is 0 Å². The first kappa shape index (κ1) is 16.4. The van der Waals surface area contributed by atoms with E-state index in [1.54, 1.807) is 13.2 Å². The van der Waals surface area contributed by atoms with E-state index in [9.17, 15) is 5.11 Å². The minimum Gasteiger partial charge on any atom is -0.504 e. The minimum atomic E-state index is 0.194. The number of likely N-dealkylation sites (tertiary alicyclic amines) is 1. The molecule has 1 aliphatic heterocycles. The summed E-state index contributed by atoms with van der Waals surface area (Å²) in [6.45, 7) is 6.31. The molecular formula is C16H25ClN2O2. The maximum atomic E-state index is 10.2. The van der Waals surface area contributed by atoms with Crippen LogP contribution in [0.5, 0.6) is 11.5 Å². The van der Waals surface area contributed by atoms with Crippen LogP contribution in [0.3, 0.4) is 0 Å². The van der Waals surface area contributed by atoms with Gasteiger partial charge in [0, 0.05) is 29.2 Å². The van der Waals surface area contributed by atoms with Crippen molar-refractivity contribution < 1.29 is 9.84 Å². The van der Waals surface area contributed by atoms with E-state index in [0.717, 1.165) is 25.2 Å². The quantitative estimate of drug-likeness (QED) is 0.907. The third-order valence-corrected chi connectivity index (χ3v) is 4.60. The van der Waals surface area contributed by atoms with Gasteiger partial charge in [-0.05, 0) is 45.6 Å². The number of methoxy groups -OCH3 is 1. The molecular weight excluding hydrogens is 288 g/mol. The summed E-state index contributed by atoms with van der Waals surface area (Å²) in [6, 6.07) is 4.01. The van der Waals surface area contributed by atoms with Crippen molar-refractivity contribution >= 4 is 11.6 Å². The molecule has 0 radical (unpaired) electrons. The van der Waals surface area contributed by atoms with Crippen LogP contribution in [0.15, 0.2) is 12.1 Å². The predicted octanol–water partition coefficient (Wildman–Crippen LogP) is 2.97. The molecule has 1 aliphatic rings. The normalized spacial score (nSPS) is 17.4. The van der Waals surface area contributed by atoms with Crippen LogP contribution in [0.1, 0.15) is 25.3 Å². The fourth-order valence-corrected chi connectivity index (χ4v) is 3.21. The predicted molar refractivity (Wildman–Crippen MR) is 86.3 cm³/mol. The zero-order valence-electron chi connectivity index (χ0n) is 13.1. The van der Waals surface area contributed by atoms with Gasteiger partial charge in [0.2, 0.25) is 0 Å². The summed E-state index contributed by atoms with van der Waals surface area (Å²) < 4.78 is 5.16. The van der Waals surface area contributed by atoms with E-state index in [1.807, 2.05) is 6.07 Å². The highest BCUT2D eigenvalue weighted by Crippen LogP contribution is 2.34. The van der Waals surface area contributed by atoms with E-state index in [0.29, 0.717) is 23.4 Å². The molecule has 1 fully saturated rings. The first-order valence-corrected chi connectivity index (χ1v) is 7.91. The molecule has 0 bridgehead atoms. The number of piperidine rings is 1. The Labute approximate surface area is 132 Å². The zero-order chi connectivity index (χ0) is 15.4. The molecule has 1 aromatic carbocycles. The third kappa shape index (κ3) is 4.02. The summed E-state index contributed by atoms with van der Waals surface area (Å²) in [7, 11) is 3.65. The van der Waals surface area contributed by atoms with Gasteiger partial charge in [-0.25, -0.2) is 0 Å². The highest BCUT2D eigenvalue weighted by atomic mass is 35.5. The van der Waals surface area contributed by atoms with Crippen molar-refractivity contribution in [2.75, 3.05) is 33.8 Å². The number of phenols is 1. The van der Waals surface area contributed by atoms with Crippen molar-refractivity contribution in [1.82, 2.24) is 9.80 Å². The Bertz CT molecular complexity index is 474.